The number of carbonyl (C=O) groups excluding carboxylic acids is 3. The van der Waals surface area contributed by atoms with E-state index in [-0.39, 0.29) is 37.5 Å². The fourth-order valence-electron chi connectivity index (χ4n) is 6.88. The van der Waals surface area contributed by atoms with E-state index in [4.69, 9.17) is 21.1 Å². The Morgan fingerprint density at radius 1 is 1.08 bits per heavy atom. The molecule has 0 radical (unpaired) electrons. The minimum atomic E-state index is -1.40. The van der Waals surface area contributed by atoms with E-state index in [1.165, 1.54) is 4.90 Å². The Kier molecular flexibility index (Phi) is 7.65. The van der Waals surface area contributed by atoms with Gasteiger partial charge in [-0.05, 0) is 55.9 Å². The van der Waals surface area contributed by atoms with Crippen molar-refractivity contribution in [2.24, 2.45) is 17.8 Å². The number of nitrogens with zero attached hydrogens (tertiary/aromatic N) is 2. The van der Waals surface area contributed by atoms with Crippen LogP contribution in [0.2, 0.25) is 5.02 Å². The highest BCUT2D eigenvalue weighted by Gasteiger charge is 2.75. The van der Waals surface area contributed by atoms with Gasteiger partial charge < -0.3 is 24.4 Å². The van der Waals surface area contributed by atoms with E-state index < -0.39 is 41.1 Å². The van der Waals surface area contributed by atoms with Gasteiger partial charge in [-0.1, -0.05) is 56.7 Å². The van der Waals surface area contributed by atoms with Gasteiger partial charge in [-0.2, -0.15) is 0 Å². The fourth-order valence-corrected chi connectivity index (χ4v) is 7.01. The molecular formula is C30H37ClN2O6. The van der Waals surface area contributed by atoms with Gasteiger partial charge in [0.2, 0.25) is 5.91 Å². The number of fused-ring (bicyclic) bond motifs is 2. The zero-order valence-corrected chi connectivity index (χ0v) is 23.5. The molecule has 2 saturated heterocycles. The first-order valence-electron chi connectivity index (χ1n) is 13.9. The molecule has 0 aliphatic carbocycles. The number of esters is 1. The van der Waals surface area contributed by atoms with Crippen molar-refractivity contribution in [3.8, 4) is 0 Å². The number of aliphatic hydroxyl groups is 1. The summed E-state index contributed by atoms with van der Waals surface area (Å²) in [5.41, 5.74) is -1.86. The molecule has 39 heavy (non-hydrogen) atoms. The van der Waals surface area contributed by atoms with Gasteiger partial charge >= 0.3 is 5.97 Å². The van der Waals surface area contributed by atoms with E-state index in [0.29, 0.717) is 36.4 Å². The topological polar surface area (TPSA) is 96.4 Å². The van der Waals surface area contributed by atoms with Crippen molar-refractivity contribution < 1.29 is 29.0 Å². The molecule has 5 rings (SSSR count). The number of ether oxygens (including phenoxy) is 2. The number of cyclic esters (lactones) is 1. The maximum atomic E-state index is 14.5. The van der Waals surface area contributed by atoms with Crippen molar-refractivity contribution in [2.45, 2.75) is 69.7 Å². The fraction of sp³-hybridized carbons (Fsp3) is 0.567. The number of likely N-dealkylation sites (tertiary alicyclic amines) is 1. The summed E-state index contributed by atoms with van der Waals surface area (Å²) in [5.74, 6) is -2.90. The average Bonchev–Trinajstić information content (AvgIpc) is 3.29. The Morgan fingerprint density at radius 3 is 2.49 bits per heavy atom. The van der Waals surface area contributed by atoms with Crippen molar-refractivity contribution in [1.29, 1.82) is 0 Å². The predicted molar refractivity (Wildman–Crippen MR) is 147 cm³/mol. The normalized spacial score (nSPS) is 34.0. The molecule has 1 aromatic rings. The van der Waals surface area contributed by atoms with Crippen LogP contribution in [-0.4, -0.2) is 70.8 Å². The first kappa shape index (κ1) is 27.9. The molecule has 8 nitrogen and oxygen atoms in total. The second-order valence-electron chi connectivity index (χ2n) is 11.4. The molecule has 9 heteroatoms. The van der Waals surface area contributed by atoms with Gasteiger partial charge in [-0.15, -0.1) is 0 Å². The highest BCUT2D eigenvalue weighted by Crippen LogP contribution is 2.58. The van der Waals surface area contributed by atoms with Gasteiger partial charge in [0, 0.05) is 17.3 Å². The van der Waals surface area contributed by atoms with Crippen LogP contribution in [0.5, 0.6) is 0 Å². The van der Waals surface area contributed by atoms with Gasteiger partial charge in [0.15, 0.2) is 0 Å². The van der Waals surface area contributed by atoms with Crippen LogP contribution < -0.4 is 4.90 Å². The second-order valence-corrected chi connectivity index (χ2v) is 11.8. The first-order valence-corrected chi connectivity index (χ1v) is 14.3. The van der Waals surface area contributed by atoms with Crippen LogP contribution >= 0.6 is 11.6 Å². The maximum Gasteiger partial charge on any atom is 0.313 e. The average molecular weight is 557 g/mol. The zero-order chi connectivity index (χ0) is 27.9. The number of allylic oxidation sites excluding steroid dienone is 1. The minimum absolute atomic E-state index is 0.156. The molecule has 6 atom stereocenters. The Morgan fingerprint density at radius 2 is 1.82 bits per heavy atom. The standard InChI is InChI=1S/C30H37ClN2O6/c1-4-29-13-6-5-7-16-38-28(37)24(29)23-26(35)33(22(18-34)17-19(2)3)25-27(36)32(15-8-14-30(23,25)39-29)21-11-9-20(31)10-12-21/h6,8-14,19,22-25,34H,4-5,7,15-18H2,1-3H3/b13-6-/t22-,23+,24-,25?,29+,30+/m1/s1. The summed E-state index contributed by atoms with van der Waals surface area (Å²) in [6, 6.07) is 5.28. The number of hydrogen-bond donors (Lipinski definition) is 1. The molecule has 2 amide bonds. The van der Waals surface area contributed by atoms with Crippen molar-refractivity contribution in [3.05, 3.63) is 53.6 Å². The number of carbonyl (C=O) groups is 3. The Labute approximate surface area is 234 Å². The summed E-state index contributed by atoms with van der Waals surface area (Å²) >= 11 is 6.12. The molecule has 1 unspecified atom stereocenters. The summed E-state index contributed by atoms with van der Waals surface area (Å²) in [4.78, 5) is 45.8. The SMILES string of the molecule is CC[C@]12/C=C\CCCOC(=O)[C@H]1[C@H]1C(=O)N([C@@H](CO)CC(C)C)C3C(=O)N(c4ccc(Cl)cc4)CC=C[C@@]31O2. The molecule has 1 aromatic carbocycles. The van der Waals surface area contributed by atoms with E-state index >= 15 is 0 Å². The molecule has 4 heterocycles. The Balaban J connectivity index is 1.69. The molecule has 4 aliphatic rings. The molecule has 210 valence electrons. The molecule has 0 bridgehead atoms. The summed E-state index contributed by atoms with van der Waals surface area (Å²) in [5, 5.41) is 11.0. The van der Waals surface area contributed by atoms with Crippen LogP contribution in [0.25, 0.3) is 0 Å². The van der Waals surface area contributed by atoms with E-state index in [1.807, 2.05) is 45.1 Å². The number of amides is 2. The monoisotopic (exact) mass is 556 g/mol. The van der Waals surface area contributed by atoms with Gasteiger partial charge in [0.25, 0.3) is 5.91 Å². The first-order chi connectivity index (χ1) is 18.7. The molecule has 1 spiro atoms. The Hall–Kier alpha value is -2.68. The summed E-state index contributed by atoms with van der Waals surface area (Å²) in [6.45, 7) is 6.15. The third-order valence-corrected chi connectivity index (χ3v) is 8.81. The maximum absolute atomic E-state index is 14.5. The summed E-state index contributed by atoms with van der Waals surface area (Å²) in [6.07, 6.45) is 9.88. The third kappa shape index (κ3) is 4.50. The van der Waals surface area contributed by atoms with Crippen molar-refractivity contribution >= 4 is 35.1 Å². The molecule has 0 aromatic heterocycles. The Bertz CT molecular complexity index is 1180. The van der Waals surface area contributed by atoms with Crippen LogP contribution in [-0.2, 0) is 23.9 Å². The van der Waals surface area contributed by atoms with Crippen LogP contribution in [0.3, 0.4) is 0 Å². The van der Waals surface area contributed by atoms with Gasteiger partial charge in [-0.25, -0.2) is 0 Å². The number of hydrogen-bond acceptors (Lipinski definition) is 6. The van der Waals surface area contributed by atoms with Crippen molar-refractivity contribution in [2.75, 3.05) is 24.7 Å². The van der Waals surface area contributed by atoms with Crippen LogP contribution in [0.15, 0.2) is 48.6 Å². The highest BCUT2D eigenvalue weighted by molar-refractivity contribution is 6.30. The van der Waals surface area contributed by atoms with E-state index in [9.17, 15) is 19.5 Å². The van der Waals surface area contributed by atoms with Crippen molar-refractivity contribution in [3.63, 3.8) is 0 Å². The lowest BCUT2D eigenvalue weighted by Crippen LogP contribution is -2.59. The lowest BCUT2D eigenvalue weighted by atomic mass is 9.73. The van der Waals surface area contributed by atoms with Crippen molar-refractivity contribution in [1.82, 2.24) is 4.90 Å². The smallest absolute Gasteiger partial charge is 0.313 e. The lowest BCUT2D eigenvalue weighted by molar-refractivity contribution is -0.161. The van der Waals surface area contributed by atoms with Gasteiger partial charge in [0.1, 0.15) is 23.2 Å². The second kappa shape index (κ2) is 10.7. The van der Waals surface area contributed by atoms with Gasteiger partial charge in [0.05, 0.1) is 25.2 Å². The third-order valence-electron chi connectivity index (χ3n) is 8.56. The van der Waals surface area contributed by atoms with E-state index in [0.717, 1.165) is 0 Å². The number of anilines is 1. The van der Waals surface area contributed by atoms with E-state index in [1.54, 1.807) is 29.2 Å². The molecule has 4 aliphatic heterocycles. The molecular weight excluding hydrogens is 520 g/mol. The van der Waals surface area contributed by atoms with E-state index in [2.05, 4.69) is 0 Å². The number of benzene rings is 1. The minimum Gasteiger partial charge on any atom is -0.465 e. The number of rotatable bonds is 6. The van der Waals surface area contributed by atoms with Crippen LogP contribution in [0.4, 0.5) is 5.69 Å². The lowest BCUT2D eigenvalue weighted by Gasteiger charge is -2.41. The quantitative estimate of drug-likeness (QED) is 0.422. The number of aliphatic hydroxyl groups excluding tert-OH is 1. The number of halogens is 1. The molecule has 0 saturated carbocycles. The van der Waals surface area contributed by atoms with Crippen LogP contribution in [0, 0.1) is 17.8 Å². The predicted octanol–water partition coefficient (Wildman–Crippen LogP) is 3.90. The summed E-state index contributed by atoms with van der Waals surface area (Å²) < 4.78 is 12.6. The molecule has 2 fully saturated rings. The molecule has 1 N–H and O–H groups in total. The van der Waals surface area contributed by atoms with Gasteiger partial charge in [-0.3, -0.25) is 14.4 Å². The summed E-state index contributed by atoms with van der Waals surface area (Å²) in [7, 11) is 0. The van der Waals surface area contributed by atoms with Crippen LogP contribution in [0.1, 0.15) is 46.5 Å². The highest BCUT2D eigenvalue weighted by atomic mass is 35.5. The zero-order valence-electron chi connectivity index (χ0n) is 22.7. The largest absolute Gasteiger partial charge is 0.465 e.